The molecule has 10 heteroatoms. The topological polar surface area (TPSA) is 114 Å². The van der Waals surface area contributed by atoms with Crippen LogP contribution in [0, 0.1) is 5.82 Å². The quantitative estimate of drug-likeness (QED) is 0.649. The van der Waals surface area contributed by atoms with Gasteiger partial charge in [-0.1, -0.05) is 0 Å². The first-order chi connectivity index (χ1) is 13.2. The maximum absolute atomic E-state index is 13.2. The highest BCUT2D eigenvalue weighted by molar-refractivity contribution is 7.90. The van der Waals surface area contributed by atoms with E-state index in [-0.39, 0.29) is 30.0 Å². The molecule has 0 atom stereocenters. The Morgan fingerprint density at radius 2 is 1.79 bits per heavy atom. The van der Waals surface area contributed by atoms with Crippen LogP contribution >= 0.6 is 0 Å². The maximum atomic E-state index is 13.2. The summed E-state index contributed by atoms with van der Waals surface area (Å²) in [7, 11) is -3.16. The predicted molar refractivity (Wildman–Crippen MR) is 105 cm³/mol. The van der Waals surface area contributed by atoms with E-state index in [1.54, 1.807) is 24.3 Å². The molecular formula is C18H18FN5O3S. The van der Waals surface area contributed by atoms with Gasteiger partial charge in [-0.2, -0.15) is 4.98 Å². The number of aromatic nitrogens is 3. The molecule has 2 heterocycles. The number of rotatable bonds is 6. The van der Waals surface area contributed by atoms with E-state index in [0.29, 0.717) is 28.1 Å². The number of fused-ring (bicyclic) bond motifs is 1. The van der Waals surface area contributed by atoms with E-state index < -0.39 is 9.84 Å². The van der Waals surface area contributed by atoms with Gasteiger partial charge in [-0.05, 0) is 36.4 Å². The van der Waals surface area contributed by atoms with E-state index in [1.807, 2.05) is 0 Å². The van der Waals surface area contributed by atoms with Crippen LogP contribution in [0.5, 0.6) is 0 Å². The van der Waals surface area contributed by atoms with E-state index >= 15 is 0 Å². The maximum Gasteiger partial charge on any atom is 0.232 e. The number of halogens is 1. The summed E-state index contributed by atoms with van der Waals surface area (Å²) >= 11 is 0. The van der Waals surface area contributed by atoms with Crippen molar-refractivity contribution in [3.63, 3.8) is 0 Å². The van der Waals surface area contributed by atoms with E-state index in [4.69, 9.17) is 0 Å². The SMILES string of the molecule is CC(=O)Nc1nc(NCCS(C)(=O)=O)c2nc(-c3ccc(F)cc3)ccc2n1. The summed E-state index contributed by atoms with van der Waals surface area (Å²) in [6, 6.07) is 9.31. The minimum Gasteiger partial charge on any atom is -0.367 e. The Kier molecular flexibility index (Phi) is 5.50. The molecule has 2 aromatic heterocycles. The lowest BCUT2D eigenvalue weighted by Gasteiger charge is -2.11. The molecule has 3 aromatic rings. The van der Waals surface area contributed by atoms with Crippen molar-refractivity contribution in [3.8, 4) is 11.3 Å². The van der Waals surface area contributed by atoms with Gasteiger partial charge in [0.05, 0.1) is 17.0 Å². The van der Waals surface area contributed by atoms with Crippen LogP contribution in [-0.4, -0.2) is 47.8 Å². The molecule has 1 amide bonds. The van der Waals surface area contributed by atoms with E-state index in [0.717, 1.165) is 6.26 Å². The number of carbonyl (C=O) groups excluding carboxylic acids is 1. The van der Waals surface area contributed by atoms with Crippen LogP contribution in [-0.2, 0) is 14.6 Å². The van der Waals surface area contributed by atoms with Crippen molar-refractivity contribution in [1.82, 2.24) is 15.0 Å². The fraction of sp³-hybridized carbons (Fsp3) is 0.222. The Balaban J connectivity index is 2.04. The van der Waals surface area contributed by atoms with Gasteiger partial charge in [0.1, 0.15) is 21.2 Å². The lowest BCUT2D eigenvalue weighted by atomic mass is 10.1. The number of pyridine rings is 1. The summed E-state index contributed by atoms with van der Waals surface area (Å²) in [6.45, 7) is 1.45. The number of benzene rings is 1. The standard InChI is InChI=1S/C18H18FN5O3S/c1-11(25)21-18-23-15-8-7-14(12-3-5-13(19)6-4-12)22-16(15)17(24-18)20-9-10-28(2,26)27/h3-8H,9-10H2,1-2H3,(H2,20,21,23,24,25). The zero-order valence-corrected chi connectivity index (χ0v) is 16.0. The molecule has 146 valence electrons. The Bertz CT molecular complexity index is 1130. The second-order valence-electron chi connectivity index (χ2n) is 6.20. The average Bonchev–Trinajstić information content (AvgIpc) is 2.60. The number of hydrogen-bond acceptors (Lipinski definition) is 7. The molecule has 0 aliphatic rings. The summed E-state index contributed by atoms with van der Waals surface area (Å²) in [6.07, 6.45) is 1.14. The molecule has 0 saturated carbocycles. The van der Waals surface area contributed by atoms with Crippen LogP contribution in [0.25, 0.3) is 22.3 Å². The zero-order valence-electron chi connectivity index (χ0n) is 15.2. The van der Waals surface area contributed by atoms with Gasteiger partial charge in [0.25, 0.3) is 0 Å². The molecule has 2 N–H and O–H groups in total. The van der Waals surface area contributed by atoms with Gasteiger partial charge in [-0.15, -0.1) is 0 Å². The summed E-state index contributed by atoms with van der Waals surface area (Å²) < 4.78 is 35.9. The van der Waals surface area contributed by atoms with Gasteiger partial charge < -0.3 is 5.32 Å². The third-order valence-electron chi connectivity index (χ3n) is 3.74. The number of carbonyl (C=O) groups is 1. The minimum atomic E-state index is -3.16. The summed E-state index contributed by atoms with van der Waals surface area (Å²) in [4.78, 5) is 24.4. The second-order valence-corrected chi connectivity index (χ2v) is 8.46. The van der Waals surface area contributed by atoms with Gasteiger partial charge in [0, 0.05) is 25.3 Å². The first-order valence-corrected chi connectivity index (χ1v) is 10.4. The van der Waals surface area contributed by atoms with E-state index in [1.165, 1.54) is 19.1 Å². The second kappa shape index (κ2) is 7.85. The smallest absolute Gasteiger partial charge is 0.232 e. The van der Waals surface area contributed by atoms with Crippen LogP contribution in [0.1, 0.15) is 6.92 Å². The lowest BCUT2D eigenvalue weighted by molar-refractivity contribution is -0.114. The van der Waals surface area contributed by atoms with Crippen molar-refractivity contribution in [2.45, 2.75) is 6.92 Å². The van der Waals surface area contributed by atoms with Crippen molar-refractivity contribution in [2.24, 2.45) is 0 Å². The molecule has 0 saturated heterocycles. The van der Waals surface area contributed by atoms with E-state index in [9.17, 15) is 17.6 Å². The fourth-order valence-corrected chi connectivity index (χ4v) is 2.96. The molecule has 8 nitrogen and oxygen atoms in total. The fourth-order valence-electron chi connectivity index (χ4n) is 2.49. The minimum absolute atomic E-state index is 0.0817. The van der Waals surface area contributed by atoms with Crippen LogP contribution in [0.4, 0.5) is 16.2 Å². The summed E-state index contributed by atoms with van der Waals surface area (Å²) in [5.41, 5.74) is 2.15. The molecule has 0 aliphatic carbocycles. The molecule has 0 aliphatic heterocycles. The van der Waals surface area contributed by atoms with Crippen molar-refractivity contribution in [1.29, 1.82) is 0 Å². The third-order valence-corrected chi connectivity index (χ3v) is 4.68. The van der Waals surface area contributed by atoms with Crippen LogP contribution in [0.3, 0.4) is 0 Å². The highest BCUT2D eigenvalue weighted by Crippen LogP contribution is 2.25. The first-order valence-electron chi connectivity index (χ1n) is 8.35. The number of anilines is 2. The summed E-state index contributed by atoms with van der Waals surface area (Å²) in [5, 5.41) is 5.45. The Morgan fingerprint density at radius 3 is 2.43 bits per heavy atom. The normalized spacial score (nSPS) is 11.4. The molecule has 0 radical (unpaired) electrons. The van der Waals surface area contributed by atoms with Gasteiger partial charge in [0.15, 0.2) is 5.82 Å². The zero-order chi connectivity index (χ0) is 20.3. The van der Waals surface area contributed by atoms with Gasteiger partial charge in [-0.3, -0.25) is 10.1 Å². The van der Waals surface area contributed by atoms with Gasteiger partial charge in [-0.25, -0.2) is 22.8 Å². The molecule has 1 aromatic carbocycles. The molecule has 0 bridgehead atoms. The number of sulfone groups is 1. The average molecular weight is 403 g/mol. The number of nitrogens with one attached hydrogen (secondary N) is 2. The Morgan fingerprint density at radius 1 is 1.07 bits per heavy atom. The first kappa shape index (κ1) is 19.6. The van der Waals surface area contributed by atoms with Gasteiger partial charge in [0.2, 0.25) is 11.9 Å². The van der Waals surface area contributed by atoms with Crippen molar-refractivity contribution < 1.29 is 17.6 Å². The molecule has 0 fully saturated rings. The highest BCUT2D eigenvalue weighted by atomic mass is 32.2. The molecular weight excluding hydrogens is 385 g/mol. The number of nitrogens with zero attached hydrogens (tertiary/aromatic N) is 3. The lowest BCUT2D eigenvalue weighted by Crippen LogP contribution is -2.17. The molecule has 0 unspecified atom stereocenters. The Hall–Kier alpha value is -3.14. The molecule has 3 rings (SSSR count). The summed E-state index contributed by atoms with van der Waals surface area (Å²) in [5.74, 6) is -0.404. The molecule has 28 heavy (non-hydrogen) atoms. The van der Waals surface area contributed by atoms with Crippen LogP contribution < -0.4 is 10.6 Å². The largest absolute Gasteiger partial charge is 0.367 e. The van der Waals surface area contributed by atoms with E-state index in [2.05, 4.69) is 25.6 Å². The monoisotopic (exact) mass is 403 g/mol. The predicted octanol–water partition coefficient (Wildman–Crippen LogP) is 2.25. The number of amides is 1. The van der Waals surface area contributed by atoms with Crippen LogP contribution in [0.2, 0.25) is 0 Å². The highest BCUT2D eigenvalue weighted by Gasteiger charge is 2.13. The van der Waals surface area contributed by atoms with Crippen LogP contribution in [0.15, 0.2) is 36.4 Å². The molecule has 0 spiro atoms. The Labute approximate surface area is 161 Å². The number of hydrogen-bond donors (Lipinski definition) is 2. The van der Waals surface area contributed by atoms with Crippen molar-refractivity contribution in [2.75, 3.05) is 29.2 Å². The van der Waals surface area contributed by atoms with Crippen molar-refractivity contribution >= 4 is 38.5 Å². The van der Waals surface area contributed by atoms with Crippen molar-refractivity contribution in [3.05, 3.63) is 42.2 Å². The van der Waals surface area contributed by atoms with Gasteiger partial charge >= 0.3 is 0 Å². The third kappa shape index (κ3) is 4.97.